The summed E-state index contributed by atoms with van der Waals surface area (Å²) in [4.78, 5) is 31.7. The molecule has 1 atom stereocenters. The number of rotatable bonds is 8. The number of urea groups is 1. The number of carbonyl (C=O) groups excluding carboxylic acids is 1. The van der Waals surface area contributed by atoms with Crippen molar-refractivity contribution in [2.75, 3.05) is 32.8 Å². The van der Waals surface area contributed by atoms with Crippen LogP contribution in [0.15, 0.2) is 78.9 Å². The number of amides is 2. The molecule has 8 heteroatoms. The molecular weight excluding hydrogens is 518 g/mol. The lowest BCUT2D eigenvalue weighted by Gasteiger charge is -2.39. The van der Waals surface area contributed by atoms with Crippen molar-refractivity contribution in [3.8, 4) is 11.5 Å². The fourth-order valence-corrected chi connectivity index (χ4v) is 6.37. The van der Waals surface area contributed by atoms with Gasteiger partial charge in [0.05, 0.1) is 11.6 Å². The lowest BCUT2D eigenvalue weighted by atomic mass is 9.98. The maximum Gasteiger partial charge on any atom is 0.335 e. The highest BCUT2D eigenvalue weighted by molar-refractivity contribution is 5.87. The van der Waals surface area contributed by atoms with E-state index in [1.165, 1.54) is 23.3 Å². The SMILES string of the molecule is O=C(O)c1ccc(Oc2ccc(CN3CCC(N4C(=O)N(C5CCOCC5)C[C@H]4c4ccccc4)CC3)cc2)cc1. The quantitative estimate of drug-likeness (QED) is 0.378. The Morgan fingerprint density at radius 1 is 0.829 bits per heavy atom. The number of benzene rings is 3. The third-order valence-electron chi connectivity index (χ3n) is 8.60. The first kappa shape index (κ1) is 27.3. The minimum absolute atomic E-state index is 0.0935. The van der Waals surface area contributed by atoms with Crippen molar-refractivity contribution >= 4 is 12.0 Å². The molecule has 0 bridgehead atoms. The Morgan fingerprint density at radius 3 is 2.10 bits per heavy atom. The zero-order chi connectivity index (χ0) is 28.2. The van der Waals surface area contributed by atoms with Crippen molar-refractivity contribution in [1.82, 2.24) is 14.7 Å². The van der Waals surface area contributed by atoms with Gasteiger partial charge in [-0.05, 0) is 73.2 Å². The molecule has 1 N–H and O–H groups in total. The minimum Gasteiger partial charge on any atom is -0.478 e. The summed E-state index contributed by atoms with van der Waals surface area (Å²) in [6.07, 6.45) is 3.76. The zero-order valence-electron chi connectivity index (χ0n) is 23.2. The zero-order valence-corrected chi connectivity index (χ0v) is 23.2. The number of nitrogens with zero attached hydrogens (tertiary/aromatic N) is 3. The first-order valence-electron chi connectivity index (χ1n) is 14.6. The highest BCUT2D eigenvalue weighted by atomic mass is 16.5. The van der Waals surface area contributed by atoms with Crippen LogP contribution in [0.5, 0.6) is 11.5 Å². The average molecular weight is 556 g/mol. The Kier molecular flexibility index (Phi) is 8.21. The van der Waals surface area contributed by atoms with Crippen molar-refractivity contribution in [1.29, 1.82) is 0 Å². The maximum atomic E-state index is 13.8. The largest absolute Gasteiger partial charge is 0.478 e. The van der Waals surface area contributed by atoms with Crippen LogP contribution < -0.4 is 4.74 Å². The standard InChI is InChI=1S/C33H37N3O5/c37-32(38)26-8-12-30(13-9-26)41-29-10-6-24(7-11-29)22-34-18-14-28(15-19-34)36-31(25-4-2-1-3-5-25)23-35(33(36)39)27-16-20-40-21-17-27/h1-13,27-28,31H,14-23H2,(H,37,38)/t31-/m0/s1. The Hall–Kier alpha value is -3.88. The normalized spacial score (nSPS) is 20.9. The number of piperidine rings is 1. The van der Waals surface area contributed by atoms with Crippen LogP contribution in [0.3, 0.4) is 0 Å². The number of likely N-dealkylation sites (tertiary alicyclic amines) is 1. The van der Waals surface area contributed by atoms with Gasteiger partial charge in [0.15, 0.2) is 0 Å². The Bertz CT molecular complexity index is 1320. The topological polar surface area (TPSA) is 82.6 Å². The van der Waals surface area contributed by atoms with Gasteiger partial charge in [-0.1, -0.05) is 42.5 Å². The van der Waals surface area contributed by atoms with Crippen LogP contribution >= 0.6 is 0 Å². The van der Waals surface area contributed by atoms with E-state index in [4.69, 9.17) is 14.6 Å². The summed E-state index contributed by atoms with van der Waals surface area (Å²) in [5.41, 5.74) is 2.66. The molecule has 0 unspecified atom stereocenters. The van der Waals surface area contributed by atoms with Crippen molar-refractivity contribution in [2.24, 2.45) is 0 Å². The molecule has 0 aromatic heterocycles. The van der Waals surface area contributed by atoms with Gasteiger partial charge >= 0.3 is 12.0 Å². The molecule has 3 saturated heterocycles. The second kappa shape index (κ2) is 12.3. The predicted molar refractivity (Wildman–Crippen MR) is 155 cm³/mol. The van der Waals surface area contributed by atoms with E-state index in [1.807, 2.05) is 18.2 Å². The lowest BCUT2D eigenvalue weighted by molar-refractivity contribution is 0.0493. The van der Waals surface area contributed by atoms with Crippen LogP contribution in [-0.2, 0) is 11.3 Å². The molecule has 0 spiro atoms. The molecule has 0 saturated carbocycles. The van der Waals surface area contributed by atoms with Crippen LogP contribution in [0.4, 0.5) is 4.79 Å². The summed E-state index contributed by atoms with van der Waals surface area (Å²) in [7, 11) is 0. The van der Waals surface area contributed by atoms with Gasteiger partial charge in [0.1, 0.15) is 11.5 Å². The Labute approximate surface area is 241 Å². The molecule has 3 fully saturated rings. The molecule has 3 aromatic carbocycles. The third kappa shape index (κ3) is 6.24. The summed E-state index contributed by atoms with van der Waals surface area (Å²) in [6.45, 7) is 4.96. The predicted octanol–water partition coefficient (Wildman–Crippen LogP) is 5.80. The molecule has 3 aliphatic heterocycles. The van der Waals surface area contributed by atoms with Gasteiger partial charge in [-0.2, -0.15) is 0 Å². The lowest BCUT2D eigenvalue weighted by Crippen LogP contribution is -2.48. The van der Waals surface area contributed by atoms with Gasteiger partial charge in [0.25, 0.3) is 0 Å². The molecule has 6 rings (SSSR count). The summed E-state index contributed by atoms with van der Waals surface area (Å²) in [6, 6.07) is 25.7. The third-order valence-corrected chi connectivity index (χ3v) is 8.60. The number of ether oxygens (including phenoxy) is 2. The first-order valence-corrected chi connectivity index (χ1v) is 14.6. The van der Waals surface area contributed by atoms with E-state index in [0.29, 0.717) is 11.5 Å². The van der Waals surface area contributed by atoms with Gasteiger partial charge in [-0.3, -0.25) is 4.90 Å². The van der Waals surface area contributed by atoms with E-state index < -0.39 is 5.97 Å². The summed E-state index contributed by atoms with van der Waals surface area (Å²) >= 11 is 0. The summed E-state index contributed by atoms with van der Waals surface area (Å²) < 4.78 is 11.5. The van der Waals surface area contributed by atoms with Crippen LogP contribution in [0.25, 0.3) is 0 Å². The highest BCUT2D eigenvalue weighted by Crippen LogP contribution is 2.37. The molecule has 41 heavy (non-hydrogen) atoms. The minimum atomic E-state index is -0.954. The van der Waals surface area contributed by atoms with Crippen molar-refractivity contribution in [3.05, 3.63) is 95.6 Å². The number of carbonyl (C=O) groups is 2. The van der Waals surface area contributed by atoms with Gasteiger partial charge < -0.3 is 24.4 Å². The maximum absolute atomic E-state index is 13.8. The first-order chi connectivity index (χ1) is 20.0. The fraction of sp³-hybridized carbons (Fsp3) is 0.394. The molecule has 8 nitrogen and oxygen atoms in total. The Balaban J connectivity index is 1.06. The monoisotopic (exact) mass is 555 g/mol. The number of hydrogen-bond donors (Lipinski definition) is 1. The van der Waals surface area contributed by atoms with Crippen LogP contribution in [0.1, 0.15) is 53.2 Å². The van der Waals surface area contributed by atoms with Crippen molar-refractivity contribution < 1.29 is 24.2 Å². The summed E-state index contributed by atoms with van der Waals surface area (Å²) in [5.74, 6) is 0.361. The van der Waals surface area contributed by atoms with Gasteiger partial charge in [0, 0.05) is 51.5 Å². The van der Waals surface area contributed by atoms with Crippen LogP contribution in [-0.4, -0.2) is 76.7 Å². The molecule has 0 radical (unpaired) electrons. The molecule has 3 aromatic rings. The number of aromatic carboxylic acids is 1. The number of carboxylic acid groups (broad SMARTS) is 1. The van der Waals surface area contributed by atoms with Gasteiger partial charge in [-0.25, -0.2) is 9.59 Å². The smallest absolute Gasteiger partial charge is 0.335 e. The number of carboxylic acids is 1. The summed E-state index contributed by atoms with van der Waals surface area (Å²) in [5, 5.41) is 9.06. The van der Waals surface area contributed by atoms with Crippen molar-refractivity contribution in [3.63, 3.8) is 0 Å². The number of hydrogen-bond acceptors (Lipinski definition) is 5. The van der Waals surface area contributed by atoms with E-state index in [9.17, 15) is 9.59 Å². The van der Waals surface area contributed by atoms with Gasteiger partial charge in [-0.15, -0.1) is 0 Å². The van der Waals surface area contributed by atoms with E-state index in [0.717, 1.165) is 65.1 Å². The van der Waals surface area contributed by atoms with Crippen LogP contribution in [0.2, 0.25) is 0 Å². The van der Waals surface area contributed by atoms with Gasteiger partial charge in [0.2, 0.25) is 0 Å². The average Bonchev–Trinajstić information content (AvgIpc) is 3.36. The molecule has 3 heterocycles. The Morgan fingerprint density at radius 2 is 1.46 bits per heavy atom. The molecule has 0 aliphatic carbocycles. The molecule has 2 amide bonds. The second-order valence-electron chi connectivity index (χ2n) is 11.2. The van der Waals surface area contributed by atoms with E-state index in [1.54, 1.807) is 12.1 Å². The van der Waals surface area contributed by atoms with E-state index >= 15 is 0 Å². The van der Waals surface area contributed by atoms with Crippen LogP contribution in [0, 0.1) is 0 Å². The van der Waals surface area contributed by atoms with E-state index in [-0.39, 0.29) is 29.7 Å². The second-order valence-corrected chi connectivity index (χ2v) is 11.2. The molecular formula is C33H37N3O5. The highest BCUT2D eigenvalue weighted by Gasteiger charge is 2.45. The molecule has 214 valence electrons. The van der Waals surface area contributed by atoms with E-state index in [2.05, 4.69) is 51.1 Å². The molecule has 3 aliphatic rings. The fourth-order valence-electron chi connectivity index (χ4n) is 6.37. The van der Waals surface area contributed by atoms with Crippen molar-refractivity contribution in [2.45, 2.75) is 50.4 Å².